The maximum Gasteiger partial charge on any atom is 0.306 e. The maximum atomic E-state index is 13.1. The van der Waals surface area contributed by atoms with E-state index in [0.717, 1.165) is 70.6 Å². The van der Waals surface area contributed by atoms with Gasteiger partial charge < -0.3 is 64.2 Å². The fraction of sp³-hybridized carbons (Fsp3) is 0.879. The highest BCUT2D eigenvalue weighted by molar-refractivity contribution is 5.69. The fourth-order valence-corrected chi connectivity index (χ4v) is 9.18. The summed E-state index contributed by atoms with van der Waals surface area (Å²) in [5.74, 6) is -0.385. The van der Waals surface area contributed by atoms with E-state index < -0.39 is 80.7 Å². The predicted molar refractivity (Wildman–Crippen MR) is 284 cm³/mol. The number of allylic oxidation sites excluding steroid dienone is 6. The molecule has 0 saturated carbocycles. The van der Waals surface area contributed by atoms with E-state index in [9.17, 15) is 40.5 Å². The van der Waals surface area contributed by atoms with Crippen molar-refractivity contribution < 1.29 is 69.0 Å². The van der Waals surface area contributed by atoms with Crippen molar-refractivity contribution in [3.05, 3.63) is 36.5 Å². The molecule has 0 aromatic rings. The molecule has 0 bridgehead atoms. The lowest BCUT2D eigenvalue weighted by Gasteiger charge is -2.42. The Morgan fingerprint density at radius 3 is 1.35 bits per heavy atom. The molecule has 2 saturated heterocycles. The first kappa shape index (κ1) is 66.3. The quantitative estimate of drug-likeness (QED) is 0.0172. The monoisotopic (exact) mass is 1030 g/mol. The van der Waals surface area contributed by atoms with Crippen molar-refractivity contribution in [2.24, 2.45) is 0 Å². The van der Waals surface area contributed by atoms with E-state index in [1.165, 1.54) is 128 Å². The Hall–Kier alpha value is -1.79. The van der Waals surface area contributed by atoms with E-state index in [4.69, 9.17) is 28.4 Å². The molecule has 14 heteroatoms. The molecule has 72 heavy (non-hydrogen) atoms. The van der Waals surface area contributed by atoms with E-state index in [2.05, 4.69) is 50.3 Å². The number of hydrogen-bond acceptors (Lipinski definition) is 14. The maximum absolute atomic E-state index is 13.1. The van der Waals surface area contributed by atoms with Gasteiger partial charge in [-0.1, -0.05) is 204 Å². The minimum Gasteiger partial charge on any atom is -0.457 e. The lowest BCUT2D eigenvalue weighted by atomic mass is 9.98. The molecular formula is C58H106O14. The summed E-state index contributed by atoms with van der Waals surface area (Å²) in [6, 6.07) is 0. The van der Waals surface area contributed by atoms with E-state index in [1.54, 1.807) is 0 Å². The van der Waals surface area contributed by atoms with Crippen LogP contribution in [0.4, 0.5) is 0 Å². The molecule has 2 rings (SSSR count). The Bertz CT molecular complexity index is 1330. The lowest BCUT2D eigenvalue weighted by Crippen LogP contribution is -2.61. The van der Waals surface area contributed by atoms with Crippen molar-refractivity contribution in [3.63, 3.8) is 0 Å². The number of aliphatic hydroxyl groups excluding tert-OH is 7. The van der Waals surface area contributed by atoms with Crippen molar-refractivity contribution in [1.82, 2.24) is 0 Å². The molecule has 2 aliphatic heterocycles. The first-order chi connectivity index (χ1) is 35.1. The Morgan fingerprint density at radius 1 is 0.458 bits per heavy atom. The van der Waals surface area contributed by atoms with Crippen LogP contribution in [0.2, 0.25) is 0 Å². The Labute approximate surface area is 436 Å². The Morgan fingerprint density at radius 2 is 0.861 bits per heavy atom. The summed E-state index contributed by atoms with van der Waals surface area (Å²) in [5, 5.41) is 72.3. The third-order valence-corrected chi connectivity index (χ3v) is 13.9. The zero-order valence-corrected chi connectivity index (χ0v) is 45.2. The fourth-order valence-electron chi connectivity index (χ4n) is 9.18. The van der Waals surface area contributed by atoms with Gasteiger partial charge in [-0.05, 0) is 51.4 Å². The first-order valence-corrected chi connectivity index (χ1v) is 29.1. The SMILES string of the molecule is CCCCCCC/C=C\C/C=C\C/C=C\CCCCCCCCC(=O)OC(COCCCCCCCCCCCCCCCCCCC)COC1OC(COC2OC(CO)C(O)C(O)C2O)C(O)C(O)C1O. The van der Waals surface area contributed by atoms with Gasteiger partial charge in [-0.3, -0.25) is 4.79 Å². The van der Waals surface area contributed by atoms with Gasteiger partial charge in [0, 0.05) is 13.0 Å². The van der Waals surface area contributed by atoms with E-state index in [0.29, 0.717) is 13.0 Å². The van der Waals surface area contributed by atoms with Gasteiger partial charge in [0.25, 0.3) is 0 Å². The van der Waals surface area contributed by atoms with Crippen LogP contribution in [0.15, 0.2) is 36.5 Å². The largest absolute Gasteiger partial charge is 0.457 e. The average molecular weight is 1030 g/mol. The standard InChI is InChI=1S/C58H106O14/c1-3-5-7-9-11-13-15-17-19-21-22-23-24-25-27-29-31-33-35-37-39-41-50(60)70-47(44-67-42-40-38-36-34-32-30-28-26-20-18-16-14-12-10-8-6-4-2)45-68-57-56(66)54(64)52(62)49(72-57)46-69-58-55(65)53(63)51(61)48(43-59)71-58/h15,17,21-22,24-25,47-49,51-59,61-66H,3-14,16,18-20,23,26-46H2,1-2H3/b17-15-,22-21-,25-24-. The topological polar surface area (TPSA) is 214 Å². The third-order valence-electron chi connectivity index (χ3n) is 13.9. The molecule has 7 N–H and O–H groups in total. The second-order valence-electron chi connectivity index (χ2n) is 20.5. The number of unbranched alkanes of at least 4 members (excludes halogenated alkanes) is 27. The van der Waals surface area contributed by atoms with E-state index >= 15 is 0 Å². The number of esters is 1. The summed E-state index contributed by atoms with van der Waals surface area (Å²) >= 11 is 0. The van der Waals surface area contributed by atoms with Gasteiger partial charge >= 0.3 is 5.97 Å². The van der Waals surface area contributed by atoms with Crippen molar-refractivity contribution in [3.8, 4) is 0 Å². The molecule has 0 aromatic heterocycles. The third kappa shape index (κ3) is 31.9. The molecule has 2 aliphatic rings. The first-order valence-electron chi connectivity index (χ1n) is 29.1. The highest BCUT2D eigenvalue weighted by Gasteiger charge is 2.47. The second kappa shape index (κ2) is 45.4. The van der Waals surface area contributed by atoms with Gasteiger partial charge in [-0.15, -0.1) is 0 Å². The summed E-state index contributed by atoms with van der Waals surface area (Å²) < 4.78 is 34.4. The number of hydrogen-bond donors (Lipinski definition) is 7. The molecular weight excluding hydrogens is 921 g/mol. The molecule has 11 unspecified atom stereocenters. The predicted octanol–water partition coefficient (Wildman–Crippen LogP) is 10.1. The minimum absolute atomic E-state index is 0.0592. The number of aliphatic hydroxyl groups is 7. The molecule has 2 heterocycles. The van der Waals surface area contributed by atoms with Gasteiger partial charge in [-0.2, -0.15) is 0 Å². The number of rotatable bonds is 47. The van der Waals surface area contributed by atoms with Crippen molar-refractivity contribution in [1.29, 1.82) is 0 Å². The van der Waals surface area contributed by atoms with Crippen LogP contribution < -0.4 is 0 Å². The highest BCUT2D eigenvalue weighted by atomic mass is 16.7. The number of carbonyl (C=O) groups is 1. The minimum atomic E-state index is -1.71. The van der Waals surface area contributed by atoms with Crippen LogP contribution in [0, 0.1) is 0 Å². The highest BCUT2D eigenvalue weighted by Crippen LogP contribution is 2.27. The summed E-state index contributed by atoms with van der Waals surface area (Å²) in [5.41, 5.74) is 0. The molecule has 0 aliphatic carbocycles. The zero-order valence-electron chi connectivity index (χ0n) is 45.2. The van der Waals surface area contributed by atoms with Crippen LogP contribution in [0.5, 0.6) is 0 Å². The normalized spacial score (nSPS) is 25.3. The van der Waals surface area contributed by atoms with Gasteiger partial charge in [0.1, 0.15) is 54.9 Å². The van der Waals surface area contributed by atoms with Crippen LogP contribution >= 0.6 is 0 Å². The van der Waals surface area contributed by atoms with Crippen LogP contribution in [-0.4, -0.2) is 142 Å². The van der Waals surface area contributed by atoms with Crippen LogP contribution in [0.3, 0.4) is 0 Å². The Balaban J connectivity index is 1.73. The van der Waals surface area contributed by atoms with Gasteiger partial charge in [-0.25, -0.2) is 0 Å². The van der Waals surface area contributed by atoms with E-state index in [-0.39, 0.29) is 25.6 Å². The Kier molecular flexibility index (Phi) is 41.8. The number of ether oxygens (including phenoxy) is 6. The number of carbonyl (C=O) groups excluding carboxylic acids is 1. The summed E-state index contributed by atoms with van der Waals surface area (Å²) in [6.45, 7) is 3.70. The second-order valence-corrected chi connectivity index (χ2v) is 20.5. The summed E-state index contributed by atoms with van der Waals surface area (Å²) in [7, 11) is 0. The van der Waals surface area contributed by atoms with E-state index in [1.807, 2.05) is 0 Å². The van der Waals surface area contributed by atoms with Crippen molar-refractivity contribution >= 4 is 5.97 Å². The molecule has 11 atom stereocenters. The van der Waals surface area contributed by atoms with Crippen molar-refractivity contribution in [2.75, 3.05) is 33.0 Å². The molecule has 0 amide bonds. The lowest BCUT2D eigenvalue weighted by molar-refractivity contribution is -0.332. The zero-order chi connectivity index (χ0) is 52.3. The molecule has 0 aromatic carbocycles. The van der Waals surface area contributed by atoms with Crippen LogP contribution in [0.1, 0.15) is 226 Å². The molecule has 2 fully saturated rings. The molecule has 422 valence electrons. The van der Waals surface area contributed by atoms with Gasteiger partial charge in [0.05, 0.1) is 26.4 Å². The summed E-state index contributed by atoms with van der Waals surface area (Å²) in [4.78, 5) is 13.1. The smallest absolute Gasteiger partial charge is 0.306 e. The average Bonchev–Trinajstić information content (AvgIpc) is 3.38. The van der Waals surface area contributed by atoms with Crippen LogP contribution in [-0.2, 0) is 33.2 Å². The summed E-state index contributed by atoms with van der Waals surface area (Å²) in [6.07, 6.45) is 36.3. The van der Waals surface area contributed by atoms with Crippen LogP contribution in [0.25, 0.3) is 0 Å². The van der Waals surface area contributed by atoms with Gasteiger partial charge in [0.2, 0.25) is 0 Å². The molecule has 0 spiro atoms. The van der Waals surface area contributed by atoms with Crippen molar-refractivity contribution in [2.45, 2.75) is 293 Å². The van der Waals surface area contributed by atoms with Gasteiger partial charge in [0.15, 0.2) is 12.6 Å². The molecule has 0 radical (unpaired) electrons. The molecule has 14 nitrogen and oxygen atoms in total.